The molecule has 0 atom stereocenters. The third-order valence-corrected chi connectivity index (χ3v) is 2.21. The van der Waals surface area contributed by atoms with Crippen LogP contribution in [0.5, 0.6) is 0 Å². The van der Waals surface area contributed by atoms with Crippen LogP contribution in [0.25, 0.3) is 22.9 Å². The normalized spacial score (nSPS) is 10.5. The second-order valence-corrected chi connectivity index (χ2v) is 3.24. The smallest absolute Gasteiger partial charge is 0.152 e. The van der Waals surface area contributed by atoms with Crippen LogP contribution >= 0.6 is 0 Å². The Labute approximate surface area is 91.6 Å². The predicted molar refractivity (Wildman–Crippen MR) is 57.4 cm³/mol. The first-order valence-corrected chi connectivity index (χ1v) is 4.83. The first-order chi connectivity index (χ1) is 7.93. The number of furan rings is 2. The molecule has 0 fully saturated rings. The Hall–Kier alpha value is -2.36. The van der Waals surface area contributed by atoms with Crippen LogP contribution < -0.4 is 0 Å². The molecular weight excluding hydrogens is 204 g/mol. The topological polar surface area (TPSA) is 52.1 Å². The van der Waals surface area contributed by atoms with Gasteiger partial charge >= 0.3 is 0 Å². The molecule has 0 aliphatic carbocycles. The average Bonchev–Trinajstić information content (AvgIpc) is 3.03. The fourth-order valence-corrected chi connectivity index (χ4v) is 1.48. The summed E-state index contributed by atoms with van der Waals surface area (Å²) in [4.78, 5) is 8.29. The maximum atomic E-state index is 5.27. The second-order valence-electron chi connectivity index (χ2n) is 3.24. The zero-order chi connectivity index (χ0) is 10.8. The molecule has 0 amide bonds. The van der Waals surface area contributed by atoms with Crippen molar-refractivity contribution in [1.82, 2.24) is 9.97 Å². The van der Waals surface area contributed by atoms with Gasteiger partial charge < -0.3 is 8.83 Å². The van der Waals surface area contributed by atoms with Gasteiger partial charge in [0, 0.05) is 0 Å². The van der Waals surface area contributed by atoms with Crippen LogP contribution in [-0.2, 0) is 0 Å². The molecule has 0 radical (unpaired) electrons. The Kier molecular flexibility index (Phi) is 2.04. The zero-order valence-electron chi connectivity index (χ0n) is 8.33. The molecule has 0 N–H and O–H groups in total. The minimum absolute atomic E-state index is 0.718. The van der Waals surface area contributed by atoms with Gasteiger partial charge in [-0.25, -0.2) is 9.97 Å². The Morgan fingerprint density at radius 1 is 0.812 bits per heavy atom. The Morgan fingerprint density at radius 2 is 1.38 bits per heavy atom. The largest absolute Gasteiger partial charge is 0.463 e. The van der Waals surface area contributed by atoms with E-state index >= 15 is 0 Å². The summed E-state index contributed by atoms with van der Waals surface area (Å²) in [7, 11) is 0. The highest BCUT2D eigenvalue weighted by Gasteiger charge is 2.07. The van der Waals surface area contributed by atoms with Crippen molar-refractivity contribution < 1.29 is 8.83 Å². The highest BCUT2D eigenvalue weighted by molar-refractivity contribution is 5.60. The summed E-state index contributed by atoms with van der Waals surface area (Å²) < 4.78 is 10.5. The van der Waals surface area contributed by atoms with Gasteiger partial charge in [-0.1, -0.05) is 0 Å². The van der Waals surface area contributed by atoms with Gasteiger partial charge in [-0.15, -0.1) is 0 Å². The molecule has 3 aromatic rings. The van der Waals surface area contributed by atoms with E-state index in [1.54, 1.807) is 12.5 Å². The van der Waals surface area contributed by atoms with Crippen LogP contribution in [0, 0.1) is 0 Å². The molecule has 78 valence electrons. The molecule has 3 heterocycles. The van der Waals surface area contributed by atoms with Gasteiger partial charge in [-0.3, -0.25) is 0 Å². The fraction of sp³-hybridized carbons (Fsp3) is 0. The summed E-state index contributed by atoms with van der Waals surface area (Å²) in [6.45, 7) is 0. The highest BCUT2D eigenvalue weighted by atomic mass is 16.3. The Balaban J connectivity index is 2.07. The monoisotopic (exact) mass is 212 g/mol. The van der Waals surface area contributed by atoms with Gasteiger partial charge in [0.25, 0.3) is 0 Å². The van der Waals surface area contributed by atoms with E-state index in [4.69, 9.17) is 8.83 Å². The van der Waals surface area contributed by atoms with E-state index in [0.29, 0.717) is 0 Å². The SMILES string of the molecule is c1coc(-c2cc(-c3ccco3)ncn2)c1. The number of hydrogen-bond donors (Lipinski definition) is 0. The highest BCUT2D eigenvalue weighted by Crippen LogP contribution is 2.22. The lowest BCUT2D eigenvalue weighted by Gasteiger charge is -1.98. The lowest BCUT2D eigenvalue weighted by atomic mass is 10.2. The Morgan fingerprint density at radius 3 is 1.81 bits per heavy atom. The zero-order valence-corrected chi connectivity index (χ0v) is 8.33. The number of rotatable bonds is 2. The van der Waals surface area contributed by atoms with Crippen LogP contribution in [0.2, 0.25) is 0 Å². The summed E-state index contributed by atoms with van der Waals surface area (Å²) >= 11 is 0. The number of hydrogen-bond acceptors (Lipinski definition) is 4. The summed E-state index contributed by atoms with van der Waals surface area (Å²) in [6.07, 6.45) is 4.73. The van der Waals surface area contributed by atoms with Crippen LogP contribution in [0.3, 0.4) is 0 Å². The second kappa shape index (κ2) is 3.66. The molecule has 0 aliphatic heterocycles. The van der Waals surface area contributed by atoms with E-state index in [0.717, 1.165) is 22.9 Å². The summed E-state index contributed by atoms with van der Waals surface area (Å²) in [5.41, 5.74) is 1.48. The van der Waals surface area contributed by atoms with Crippen molar-refractivity contribution in [3.63, 3.8) is 0 Å². The van der Waals surface area contributed by atoms with Crippen molar-refractivity contribution in [3.8, 4) is 22.9 Å². The molecule has 0 saturated heterocycles. The predicted octanol–water partition coefficient (Wildman–Crippen LogP) is 3.00. The summed E-state index contributed by atoms with van der Waals surface area (Å²) in [5, 5.41) is 0. The third-order valence-electron chi connectivity index (χ3n) is 2.21. The molecule has 4 heteroatoms. The van der Waals surface area contributed by atoms with E-state index in [-0.39, 0.29) is 0 Å². The van der Waals surface area contributed by atoms with E-state index in [9.17, 15) is 0 Å². The lowest BCUT2D eigenvalue weighted by molar-refractivity contribution is 0.576. The molecule has 0 unspecified atom stereocenters. The van der Waals surface area contributed by atoms with Crippen molar-refractivity contribution in [2.45, 2.75) is 0 Å². The first kappa shape index (κ1) is 8.91. The Bertz CT molecular complexity index is 521. The minimum Gasteiger partial charge on any atom is -0.463 e. The van der Waals surface area contributed by atoms with Gasteiger partial charge in [0.2, 0.25) is 0 Å². The third kappa shape index (κ3) is 1.50. The summed E-state index contributed by atoms with van der Waals surface area (Å²) in [5.74, 6) is 1.44. The minimum atomic E-state index is 0.718. The van der Waals surface area contributed by atoms with Crippen molar-refractivity contribution in [3.05, 3.63) is 49.2 Å². The lowest BCUT2D eigenvalue weighted by Crippen LogP contribution is -1.86. The quantitative estimate of drug-likeness (QED) is 0.655. The number of aromatic nitrogens is 2. The molecule has 0 aromatic carbocycles. The van der Waals surface area contributed by atoms with E-state index in [2.05, 4.69) is 9.97 Å². The fourth-order valence-electron chi connectivity index (χ4n) is 1.48. The molecule has 0 aliphatic rings. The summed E-state index contributed by atoms with van der Waals surface area (Å²) in [6, 6.07) is 9.19. The molecule has 16 heavy (non-hydrogen) atoms. The van der Waals surface area contributed by atoms with Crippen LogP contribution in [0.4, 0.5) is 0 Å². The van der Waals surface area contributed by atoms with E-state index in [1.807, 2.05) is 30.3 Å². The van der Waals surface area contributed by atoms with E-state index < -0.39 is 0 Å². The van der Waals surface area contributed by atoms with Crippen molar-refractivity contribution >= 4 is 0 Å². The molecule has 0 spiro atoms. The molecular formula is C12H8N2O2. The standard InChI is InChI=1S/C12H8N2O2/c1-3-11(15-5-1)9-7-10(14-8-13-9)12-4-2-6-16-12/h1-8H. The van der Waals surface area contributed by atoms with Crippen molar-refractivity contribution in [2.24, 2.45) is 0 Å². The van der Waals surface area contributed by atoms with Gasteiger partial charge in [0.15, 0.2) is 11.5 Å². The van der Waals surface area contributed by atoms with E-state index in [1.165, 1.54) is 6.33 Å². The maximum absolute atomic E-state index is 5.27. The molecule has 4 nitrogen and oxygen atoms in total. The number of nitrogens with zero attached hydrogens (tertiary/aromatic N) is 2. The molecule has 0 bridgehead atoms. The van der Waals surface area contributed by atoms with Crippen molar-refractivity contribution in [2.75, 3.05) is 0 Å². The molecule has 3 rings (SSSR count). The average molecular weight is 212 g/mol. The van der Waals surface area contributed by atoms with Crippen molar-refractivity contribution in [1.29, 1.82) is 0 Å². The van der Waals surface area contributed by atoms with Crippen LogP contribution in [0.1, 0.15) is 0 Å². The van der Waals surface area contributed by atoms with Crippen LogP contribution in [0.15, 0.2) is 58.0 Å². The van der Waals surface area contributed by atoms with Gasteiger partial charge in [0.1, 0.15) is 17.7 Å². The first-order valence-electron chi connectivity index (χ1n) is 4.83. The van der Waals surface area contributed by atoms with Gasteiger partial charge in [-0.05, 0) is 30.3 Å². The van der Waals surface area contributed by atoms with Gasteiger partial charge in [0.05, 0.1) is 12.5 Å². The maximum Gasteiger partial charge on any atom is 0.152 e. The van der Waals surface area contributed by atoms with Crippen LogP contribution in [-0.4, -0.2) is 9.97 Å². The van der Waals surface area contributed by atoms with Gasteiger partial charge in [-0.2, -0.15) is 0 Å². The molecule has 3 aromatic heterocycles. The molecule has 0 saturated carbocycles.